The van der Waals surface area contributed by atoms with E-state index < -0.39 is 27.3 Å². The molecule has 9 heteroatoms. The largest absolute Gasteiger partial charge is 0.490 e. The topological polar surface area (TPSA) is 95.9 Å². The summed E-state index contributed by atoms with van der Waals surface area (Å²) in [5.41, 5.74) is 3.28. The molecule has 268 valence electrons. The van der Waals surface area contributed by atoms with Crippen molar-refractivity contribution in [1.29, 1.82) is 0 Å². The zero-order valence-corrected chi connectivity index (χ0v) is 31.1. The first-order valence-corrected chi connectivity index (χ1v) is 20.3. The molecule has 0 aromatic heterocycles. The number of amides is 1. The summed E-state index contributed by atoms with van der Waals surface area (Å²) in [6.07, 6.45) is 15.4. The number of aliphatic hydroxyl groups excluding tert-OH is 1. The van der Waals surface area contributed by atoms with Crippen LogP contribution in [0.2, 0.25) is 5.02 Å². The lowest BCUT2D eigenvalue weighted by Gasteiger charge is -2.45. The second kappa shape index (κ2) is 16.5. The van der Waals surface area contributed by atoms with Gasteiger partial charge in [0.2, 0.25) is 10.0 Å². The lowest BCUT2D eigenvalue weighted by Crippen LogP contribution is -2.49. The highest BCUT2D eigenvalue weighted by atomic mass is 35.5. The van der Waals surface area contributed by atoms with Crippen LogP contribution in [0.4, 0.5) is 5.69 Å². The number of halogens is 1. The van der Waals surface area contributed by atoms with Crippen molar-refractivity contribution in [3.8, 4) is 5.75 Å². The number of unbranched alkanes of at least 4 members (excludes halogenated alkanes) is 2. The summed E-state index contributed by atoms with van der Waals surface area (Å²) in [6.45, 7) is 11.6. The Kier molecular flexibility index (Phi) is 12.6. The molecule has 1 spiro atoms. The molecule has 3 aliphatic rings. The van der Waals surface area contributed by atoms with Crippen molar-refractivity contribution in [2.75, 3.05) is 24.6 Å². The molecular formula is C40H55ClN2O5S. The molecule has 0 saturated heterocycles. The fourth-order valence-corrected chi connectivity index (χ4v) is 9.62. The van der Waals surface area contributed by atoms with Gasteiger partial charge in [0.1, 0.15) is 5.75 Å². The maximum atomic E-state index is 13.7. The molecule has 49 heavy (non-hydrogen) atoms. The van der Waals surface area contributed by atoms with Gasteiger partial charge < -0.3 is 14.7 Å². The van der Waals surface area contributed by atoms with Crippen LogP contribution in [0.15, 0.2) is 61.2 Å². The maximum absolute atomic E-state index is 13.7. The molecule has 2 aliphatic carbocycles. The van der Waals surface area contributed by atoms with Crippen LogP contribution < -0.4 is 14.4 Å². The zero-order valence-electron chi connectivity index (χ0n) is 29.5. The summed E-state index contributed by atoms with van der Waals surface area (Å²) in [7, 11) is -3.94. The average molecular weight is 711 g/mol. The number of aryl methyl sites for hydroxylation is 1. The summed E-state index contributed by atoms with van der Waals surface area (Å²) in [6, 6.07) is 11.4. The molecule has 7 nitrogen and oxygen atoms in total. The standard InChI is InChI=1S/C40H55ClN2O5S/c1-5-8-10-15-37(44)34-19-16-32(34)25-43-26-40(22-11-14-30-23-33(41)18-20-35(30)40)27-48-38-21-17-31(24-36(38)43)39(45)42-49(46,47)28(4)29(12-7-3)13-9-6-2/h7,10,15,17-18,20-21,23-24,28-29,32,34,37,44H,3,5-6,8-9,11-14,16,19,22,25-27H2,1-2,4H3,(H,42,45)/b15-10+/t28-,29+,32-,34+,37-,40-/m0/s1. The minimum absolute atomic E-state index is 0.120. The first-order valence-electron chi connectivity index (χ1n) is 18.3. The second-order valence-corrected chi connectivity index (χ2v) is 17.1. The van der Waals surface area contributed by atoms with Crippen LogP contribution in [0.25, 0.3) is 0 Å². The molecule has 2 aromatic rings. The van der Waals surface area contributed by atoms with Crippen molar-refractivity contribution in [2.24, 2.45) is 17.8 Å². The summed E-state index contributed by atoms with van der Waals surface area (Å²) < 4.78 is 36.0. The minimum atomic E-state index is -3.94. The van der Waals surface area contributed by atoms with Gasteiger partial charge in [-0.2, -0.15) is 0 Å². The van der Waals surface area contributed by atoms with Crippen LogP contribution in [0.5, 0.6) is 5.75 Å². The van der Waals surface area contributed by atoms with Gasteiger partial charge in [-0.3, -0.25) is 4.79 Å². The molecule has 5 rings (SSSR count). The molecular weight excluding hydrogens is 656 g/mol. The van der Waals surface area contributed by atoms with Crippen LogP contribution in [0.1, 0.15) is 106 Å². The third kappa shape index (κ3) is 8.57. The Labute approximate surface area is 299 Å². The number of carbonyl (C=O) groups is 1. The van der Waals surface area contributed by atoms with E-state index in [2.05, 4.69) is 48.3 Å². The number of ether oxygens (including phenoxy) is 1. The highest BCUT2D eigenvalue weighted by Gasteiger charge is 2.44. The first kappa shape index (κ1) is 37.4. The summed E-state index contributed by atoms with van der Waals surface area (Å²) in [5, 5.41) is 11.1. The van der Waals surface area contributed by atoms with Gasteiger partial charge in [0.05, 0.1) is 23.6 Å². The van der Waals surface area contributed by atoms with Gasteiger partial charge in [-0.1, -0.05) is 69.0 Å². The quantitative estimate of drug-likeness (QED) is 0.180. The Balaban J connectivity index is 1.45. The van der Waals surface area contributed by atoms with E-state index in [0.29, 0.717) is 31.9 Å². The monoisotopic (exact) mass is 710 g/mol. The molecule has 1 heterocycles. The van der Waals surface area contributed by atoms with Crippen molar-refractivity contribution in [3.05, 3.63) is 82.9 Å². The number of fused-ring (bicyclic) bond motifs is 3. The van der Waals surface area contributed by atoms with Crippen molar-refractivity contribution >= 4 is 33.2 Å². The molecule has 1 amide bonds. The summed E-state index contributed by atoms with van der Waals surface area (Å²) >= 11 is 6.44. The number of nitrogens with one attached hydrogen (secondary N) is 1. The highest BCUT2D eigenvalue weighted by molar-refractivity contribution is 7.90. The van der Waals surface area contributed by atoms with Crippen molar-refractivity contribution in [2.45, 2.75) is 108 Å². The van der Waals surface area contributed by atoms with Crippen LogP contribution in [-0.4, -0.2) is 50.5 Å². The normalized spacial score (nSPS) is 23.8. The number of nitrogens with zero attached hydrogens (tertiary/aromatic N) is 1. The van der Waals surface area contributed by atoms with E-state index in [9.17, 15) is 18.3 Å². The number of sulfonamides is 1. The van der Waals surface area contributed by atoms with Crippen LogP contribution >= 0.6 is 11.6 Å². The third-order valence-corrected chi connectivity index (χ3v) is 13.3. The van der Waals surface area contributed by atoms with E-state index in [-0.39, 0.29) is 28.7 Å². The van der Waals surface area contributed by atoms with E-state index in [1.807, 2.05) is 12.1 Å². The molecule has 0 unspecified atom stereocenters. The number of aliphatic hydroxyl groups is 1. The van der Waals surface area contributed by atoms with Crippen LogP contribution in [0.3, 0.4) is 0 Å². The Bertz CT molecular complexity index is 1610. The molecule has 1 aliphatic heterocycles. The molecule has 0 radical (unpaired) electrons. The Morgan fingerprint density at radius 2 is 2.02 bits per heavy atom. The fraction of sp³-hybridized carbons (Fsp3) is 0.575. The predicted molar refractivity (Wildman–Crippen MR) is 200 cm³/mol. The third-order valence-electron chi connectivity index (χ3n) is 11.2. The average Bonchev–Trinajstić information content (AvgIpc) is 3.21. The van der Waals surface area contributed by atoms with Gasteiger partial charge in [0, 0.05) is 29.1 Å². The van der Waals surface area contributed by atoms with Crippen molar-refractivity contribution < 1.29 is 23.1 Å². The first-order chi connectivity index (χ1) is 23.5. The molecule has 2 N–H and O–H groups in total. The van der Waals surface area contributed by atoms with Crippen LogP contribution in [-0.2, 0) is 21.9 Å². The summed E-state index contributed by atoms with van der Waals surface area (Å²) in [5.74, 6) is 0.336. The minimum Gasteiger partial charge on any atom is -0.490 e. The molecule has 6 atom stereocenters. The Hall–Kier alpha value is -2.81. The Morgan fingerprint density at radius 3 is 2.73 bits per heavy atom. The van der Waals surface area contributed by atoms with Gasteiger partial charge in [-0.15, -0.1) is 6.58 Å². The van der Waals surface area contributed by atoms with Gasteiger partial charge in [0.15, 0.2) is 0 Å². The lowest BCUT2D eigenvalue weighted by atomic mass is 9.68. The van der Waals surface area contributed by atoms with Crippen molar-refractivity contribution in [3.63, 3.8) is 0 Å². The number of rotatable bonds is 15. The molecule has 0 bridgehead atoms. The second-order valence-electron chi connectivity index (χ2n) is 14.6. The van der Waals surface area contributed by atoms with Gasteiger partial charge in [-0.05, 0) is 118 Å². The summed E-state index contributed by atoms with van der Waals surface area (Å²) in [4.78, 5) is 16.0. The number of hydrogen-bond donors (Lipinski definition) is 2. The molecule has 2 aromatic carbocycles. The van der Waals surface area contributed by atoms with Crippen molar-refractivity contribution in [1.82, 2.24) is 4.72 Å². The van der Waals surface area contributed by atoms with Gasteiger partial charge in [0.25, 0.3) is 5.91 Å². The highest BCUT2D eigenvalue weighted by Crippen LogP contribution is 2.46. The van der Waals surface area contributed by atoms with Gasteiger partial charge >= 0.3 is 0 Å². The van der Waals surface area contributed by atoms with E-state index in [4.69, 9.17) is 16.3 Å². The molecule has 1 fully saturated rings. The molecule has 1 saturated carbocycles. The Morgan fingerprint density at radius 1 is 1.20 bits per heavy atom. The number of benzene rings is 2. The zero-order chi connectivity index (χ0) is 35.2. The number of anilines is 1. The predicted octanol–water partition coefficient (Wildman–Crippen LogP) is 8.39. The van der Waals surface area contributed by atoms with E-state index >= 15 is 0 Å². The van der Waals surface area contributed by atoms with E-state index in [0.717, 1.165) is 74.9 Å². The number of carbonyl (C=O) groups excluding carboxylic acids is 1. The number of hydrogen-bond acceptors (Lipinski definition) is 6. The SMILES string of the molecule is C=CC[C@H](CCCC)[C@H](C)S(=O)(=O)NC(=O)c1ccc2c(c1)N(C[C@@H]1CC[C@H]1[C@@H](O)/C=C/CCC)C[C@@]1(CCCc3cc(Cl)ccc31)CO2. The fourth-order valence-electron chi connectivity index (χ4n) is 8.11. The lowest BCUT2D eigenvalue weighted by molar-refractivity contribution is 0.0456. The van der Waals surface area contributed by atoms with Gasteiger partial charge in [-0.25, -0.2) is 13.1 Å². The number of allylic oxidation sites excluding steroid dienone is 2. The van der Waals surface area contributed by atoms with E-state index in [1.165, 1.54) is 11.1 Å². The maximum Gasteiger partial charge on any atom is 0.264 e. The smallest absolute Gasteiger partial charge is 0.264 e. The van der Waals surface area contributed by atoms with E-state index in [1.54, 1.807) is 31.2 Å². The van der Waals surface area contributed by atoms with Crippen LogP contribution in [0, 0.1) is 17.8 Å².